The van der Waals surface area contributed by atoms with Crippen LogP contribution in [0.4, 0.5) is 0 Å². The molecule has 4 amide bonds. The molecule has 2 fully saturated rings. The van der Waals surface area contributed by atoms with Crippen LogP contribution >= 0.6 is 0 Å². The maximum atomic E-state index is 14.5. The van der Waals surface area contributed by atoms with E-state index in [0.29, 0.717) is 64.8 Å². The van der Waals surface area contributed by atoms with Crippen LogP contribution in [0.5, 0.6) is 0 Å². The summed E-state index contributed by atoms with van der Waals surface area (Å²) in [5.41, 5.74) is 0.0876. The lowest BCUT2D eigenvalue weighted by Gasteiger charge is -2.41. The van der Waals surface area contributed by atoms with Gasteiger partial charge in [0.15, 0.2) is 0 Å². The number of nitrogens with one attached hydrogen (secondary N) is 1. The average Bonchev–Trinajstić information content (AvgIpc) is 3.79. The highest BCUT2D eigenvalue weighted by Gasteiger charge is 2.45. The van der Waals surface area contributed by atoms with Crippen molar-refractivity contribution in [1.82, 2.24) is 25.1 Å². The molecule has 2 N–H and O–H groups in total. The lowest BCUT2D eigenvalue weighted by molar-refractivity contribution is -0.203. The number of carboxylic acids is 1. The standard InChI is InChI=1S/C51H85N5O10/c1-13-36(7)46(54(10)49(62)44(34(3)4)52-48(61)45(35(5)6)53(9)29-22-27-43(59)60)41(64-11)33-42(58)55-30-21-25-39(55)47(65-12)37(8)40(57)26-20-28-51(14-2,38-23-16-15-17-24-38)50(63)56-31-18-19-32-66-56/h15-17,23-24,34-37,39,41,44-47H,13-14,18-22,25-33H2,1-12H3,(H,52,61)(H,59,60). The lowest BCUT2D eigenvalue weighted by atomic mass is 9.72. The molecule has 66 heavy (non-hydrogen) atoms. The van der Waals surface area contributed by atoms with Crippen molar-refractivity contribution in [3.63, 3.8) is 0 Å². The van der Waals surface area contributed by atoms with Gasteiger partial charge in [0.25, 0.3) is 5.91 Å². The van der Waals surface area contributed by atoms with E-state index in [1.807, 2.05) is 95.5 Å². The molecule has 0 radical (unpaired) electrons. The Kier molecular flexibility index (Phi) is 23.2. The molecule has 2 saturated heterocycles. The largest absolute Gasteiger partial charge is 0.481 e. The predicted molar refractivity (Wildman–Crippen MR) is 255 cm³/mol. The Balaban J connectivity index is 1.76. The number of hydroxylamine groups is 2. The van der Waals surface area contributed by atoms with Crippen LogP contribution in [0.25, 0.3) is 0 Å². The highest BCUT2D eigenvalue weighted by molar-refractivity contribution is 5.90. The number of ether oxygens (including phenoxy) is 2. The summed E-state index contributed by atoms with van der Waals surface area (Å²) in [6.07, 6.45) is 4.90. The van der Waals surface area contributed by atoms with E-state index in [4.69, 9.17) is 19.4 Å². The van der Waals surface area contributed by atoms with Gasteiger partial charge in [-0.05, 0) is 88.3 Å². The van der Waals surface area contributed by atoms with E-state index in [2.05, 4.69) is 5.32 Å². The fourth-order valence-corrected chi connectivity index (χ4v) is 10.4. The number of carbonyl (C=O) groups is 6. The minimum absolute atomic E-state index is 0.000993. The maximum absolute atomic E-state index is 14.5. The summed E-state index contributed by atoms with van der Waals surface area (Å²) in [5, 5.41) is 13.7. The van der Waals surface area contributed by atoms with Gasteiger partial charge in [0.05, 0.1) is 48.8 Å². The minimum Gasteiger partial charge on any atom is -0.481 e. The molecular formula is C51H85N5O10. The Bertz CT molecular complexity index is 1710. The van der Waals surface area contributed by atoms with E-state index in [0.717, 1.165) is 24.8 Å². The quantitative estimate of drug-likeness (QED) is 0.0938. The number of hydrogen-bond acceptors (Lipinski definition) is 10. The predicted octanol–water partition coefficient (Wildman–Crippen LogP) is 6.51. The molecule has 2 aliphatic heterocycles. The zero-order valence-corrected chi connectivity index (χ0v) is 42.4. The average molecular weight is 928 g/mol. The van der Waals surface area contributed by atoms with E-state index in [9.17, 15) is 28.8 Å². The second-order valence-electron chi connectivity index (χ2n) is 19.6. The Labute approximate surface area is 395 Å². The van der Waals surface area contributed by atoms with Gasteiger partial charge in [-0.1, -0.05) is 92.1 Å². The van der Waals surface area contributed by atoms with Gasteiger partial charge in [0.1, 0.15) is 11.8 Å². The van der Waals surface area contributed by atoms with Crippen LogP contribution in [-0.2, 0) is 48.5 Å². The van der Waals surface area contributed by atoms with Gasteiger partial charge in [0.2, 0.25) is 17.7 Å². The van der Waals surface area contributed by atoms with Gasteiger partial charge >= 0.3 is 5.97 Å². The number of hydrogen-bond donors (Lipinski definition) is 2. The number of carbonyl (C=O) groups excluding carboxylic acids is 5. The molecule has 0 aromatic heterocycles. The van der Waals surface area contributed by atoms with Crippen LogP contribution in [0, 0.1) is 23.7 Å². The number of nitrogens with zero attached hydrogens (tertiary/aromatic N) is 4. The third-order valence-electron chi connectivity index (χ3n) is 14.5. The fraction of sp³-hybridized carbons (Fsp3) is 0.765. The molecule has 1 aromatic carbocycles. The number of likely N-dealkylation sites (N-methyl/N-ethyl adjacent to an activating group) is 2. The van der Waals surface area contributed by atoms with Gasteiger partial charge in [-0.3, -0.25) is 38.5 Å². The van der Waals surface area contributed by atoms with Gasteiger partial charge in [-0.15, -0.1) is 0 Å². The first-order chi connectivity index (χ1) is 31.3. The Morgan fingerprint density at radius 3 is 2.12 bits per heavy atom. The van der Waals surface area contributed by atoms with Crippen molar-refractivity contribution >= 4 is 35.4 Å². The van der Waals surface area contributed by atoms with Crippen LogP contribution in [0.15, 0.2) is 30.3 Å². The molecule has 374 valence electrons. The van der Waals surface area contributed by atoms with Crippen LogP contribution in [0.1, 0.15) is 138 Å². The first-order valence-corrected chi connectivity index (χ1v) is 24.7. The van der Waals surface area contributed by atoms with Gasteiger partial charge < -0.3 is 29.7 Å². The van der Waals surface area contributed by atoms with Crippen molar-refractivity contribution in [2.24, 2.45) is 23.7 Å². The van der Waals surface area contributed by atoms with Gasteiger partial charge in [-0.2, -0.15) is 0 Å². The van der Waals surface area contributed by atoms with Crippen molar-refractivity contribution in [3.05, 3.63) is 35.9 Å². The number of methoxy groups -OCH3 is 2. The molecule has 0 spiro atoms. The molecule has 0 bridgehead atoms. The summed E-state index contributed by atoms with van der Waals surface area (Å²) >= 11 is 0. The Morgan fingerprint density at radius 1 is 0.894 bits per heavy atom. The number of benzene rings is 1. The molecule has 9 unspecified atom stereocenters. The third kappa shape index (κ3) is 14.5. The second kappa shape index (κ2) is 27.2. The SMILES string of the molecule is CCC(C)C(C(CC(=O)N1CCCC1C(OC)C(C)C(=O)CCCC(CC)(C(=O)N1CCCCO1)c1ccccc1)OC)N(C)C(=O)C(NC(=O)C(C(C)C)N(C)CCCC(=O)O)C(C)C. The molecule has 1 aromatic rings. The number of ketones is 1. The summed E-state index contributed by atoms with van der Waals surface area (Å²) in [7, 11) is 6.65. The van der Waals surface area contributed by atoms with Crippen LogP contribution in [0.2, 0.25) is 0 Å². The number of aliphatic carboxylic acids is 1. The van der Waals surface area contributed by atoms with Gasteiger partial charge in [0, 0.05) is 53.1 Å². The minimum atomic E-state index is -0.893. The lowest BCUT2D eigenvalue weighted by Crippen LogP contribution is -2.60. The van der Waals surface area contributed by atoms with E-state index in [1.54, 1.807) is 33.2 Å². The van der Waals surface area contributed by atoms with E-state index in [1.165, 1.54) is 5.06 Å². The fourth-order valence-electron chi connectivity index (χ4n) is 10.4. The summed E-state index contributed by atoms with van der Waals surface area (Å²) < 4.78 is 12.2. The molecule has 0 saturated carbocycles. The normalized spacial score (nSPS) is 19.7. The highest BCUT2D eigenvalue weighted by atomic mass is 16.7. The van der Waals surface area contributed by atoms with Crippen molar-refractivity contribution in [1.29, 1.82) is 0 Å². The third-order valence-corrected chi connectivity index (χ3v) is 14.5. The van der Waals surface area contributed by atoms with Crippen molar-refractivity contribution in [2.75, 3.05) is 54.6 Å². The van der Waals surface area contributed by atoms with E-state index < -0.39 is 47.6 Å². The van der Waals surface area contributed by atoms with Crippen LogP contribution in [0.3, 0.4) is 0 Å². The van der Waals surface area contributed by atoms with E-state index >= 15 is 0 Å². The molecule has 3 rings (SSSR count). The number of likely N-dealkylation sites (tertiary alicyclic amines) is 1. The van der Waals surface area contributed by atoms with Crippen LogP contribution < -0.4 is 5.32 Å². The summed E-state index contributed by atoms with van der Waals surface area (Å²) in [4.78, 5) is 93.3. The van der Waals surface area contributed by atoms with E-state index in [-0.39, 0.29) is 72.5 Å². The number of rotatable bonds is 28. The zero-order chi connectivity index (χ0) is 49.3. The Hall–Kier alpha value is -3.92. The molecule has 15 nitrogen and oxygen atoms in total. The molecule has 15 heteroatoms. The monoisotopic (exact) mass is 928 g/mol. The van der Waals surface area contributed by atoms with Gasteiger partial charge in [-0.25, -0.2) is 5.06 Å². The molecular weight excluding hydrogens is 843 g/mol. The molecule has 0 aliphatic carbocycles. The van der Waals surface area contributed by atoms with Crippen molar-refractivity contribution < 1.29 is 48.2 Å². The van der Waals surface area contributed by atoms with Crippen LogP contribution in [-0.4, -0.2) is 151 Å². The molecule has 9 atom stereocenters. The highest BCUT2D eigenvalue weighted by Crippen LogP contribution is 2.37. The smallest absolute Gasteiger partial charge is 0.303 e. The first-order valence-electron chi connectivity index (χ1n) is 24.7. The topological polar surface area (TPSA) is 175 Å². The summed E-state index contributed by atoms with van der Waals surface area (Å²) in [5.74, 6) is -2.62. The maximum Gasteiger partial charge on any atom is 0.303 e. The Morgan fingerprint density at radius 2 is 1.58 bits per heavy atom. The number of Topliss-reactive ketones (excluding diaryl/α,β-unsaturated/α-hetero) is 1. The molecule has 2 aliphatic rings. The zero-order valence-electron chi connectivity index (χ0n) is 42.4. The second-order valence-corrected chi connectivity index (χ2v) is 19.6. The van der Waals surface area contributed by atoms with Crippen molar-refractivity contribution in [3.8, 4) is 0 Å². The first kappa shape index (κ1) is 56.4. The van der Waals surface area contributed by atoms with Crippen molar-refractivity contribution in [2.45, 2.75) is 174 Å². The number of amides is 4. The summed E-state index contributed by atoms with van der Waals surface area (Å²) in [6, 6.07) is 7.51. The molecule has 2 heterocycles. The number of carboxylic acid groups (broad SMARTS) is 1. The summed E-state index contributed by atoms with van der Waals surface area (Å²) in [6.45, 7) is 17.5.